The summed E-state index contributed by atoms with van der Waals surface area (Å²) < 4.78 is 5.19. The average Bonchev–Trinajstić information content (AvgIpc) is 2.31. The fourth-order valence-corrected chi connectivity index (χ4v) is 1.80. The topological polar surface area (TPSA) is 76.4 Å². The fourth-order valence-electron chi connectivity index (χ4n) is 1.80. The minimum atomic E-state index is -0.0679. The summed E-state index contributed by atoms with van der Waals surface area (Å²) in [6.07, 6.45) is 0.457. The highest BCUT2D eigenvalue weighted by atomic mass is 16.5. The van der Waals surface area contributed by atoms with Crippen LogP contribution in [0.15, 0.2) is 18.2 Å². The van der Waals surface area contributed by atoms with E-state index in [9.17, 15) is 4.79 Å². The van der Waals surface area contributed by atoms with Crippen LogP contribution in [-0.2, 0) is 9.53 Å². The Morgan fingerprint density at radius 1 is 1.50 bits per heavy atom. The Bertz CT molecular complexity index is 456. The Labute approximate surface area is 107 Å². The predicted octanol–water partition coefficient (Wildman–Crippen LogP) is 1.82. The molecule has 5 nitrogen and oxygen atoms in total. The van der Waals surface area contributed by atoms with Crippen LogP contribution in [0.25, 0.3) is 0 Å². The lowest BCUT2D eigenvalue weighted by molar-refractivity contribution is -0.115. The molecule has 1 fully saturated rings. The van der Waals surface area contributed by atoms with Crippen LogP contribution in [0.3, 0.4) is 0 Å². The largest absolute Gasteiger partial charge is 0.397 e. The van der Waals surface area contributed by atoms with E-state index in [1.54, 1.807) is 12.1 Å². The van der Waals surface area contributed by atoms with Crippen molar-refractivity contribution >= 4 is 23.0 Å². The Morgan fingerprint density at radius 3 is 2.78 bits per heavy atom. The van der Waals surface area contributed by atoms with Gasteiger partial charge in [0.2, 0.25) is 5.91 Å². The van der Waals surface area contributed by atoms with E-state index in [0.717, 1.165) is 11.4 Å². The molecule has 18 heavy (non-hydrogen) atoms. The number of nitrogens with one attached hydrogen (secondary N) is 2. The van der Waals surface area contributed by atoms with Gasteiger partial charge in [-0.2, -0.15) is 0 Å². The molecule has 0 aromatic heterocycles. The predicted molar refractivity (Wildman–Crippen MR) is 72.6 cm³/mol. The first-order chi connectivity index (χ1) is 8.52. The number of carbonyl (C=O) groups is 1. The normalized spacial score (nSPS) is 16.8. The summed E-state index contributed by atoms with van der Waals surface area (Å²) in [4.78, 5) is 11.3. The summed E-state index contributed by atoms with van der Waals surface area (Å²) in [5, 5.41) is 6.17. The third kappa shape index (κ3) is 2.73. The Hall–Kier alpha value is -1.75. The van der Waals surface area contributed by atoms with Gasteiger partial charge in [-0.3, -0.25) is 4.79 Å². The van der Waals surface area contributed by atoms with Gasteiger partial charge in [0.1, 0.15) is 0 Å². The van der Waals surface area contributed by atoms with Gasteiger partial charge in [-0.15, -0.1) is 0 Å². The third-order valence-electron chi connectivity index (χ3n) is 2.94. The van der Waals surface area contributed by atoms with Gasteiger partial charge in [-0.25, -0.2) is 0 Å². The summed E-state index contributed by atoms with van der Waals surface area (Å²) in [5.74, 6) is -0.0103. The first kappa shape index (κ1) is 12.7. The van der Waals surface area contributed by atoms with Crippen molar-refractivity contribution in [2.75, 3.05) is 29.6 Å². The van der Waals surface area contributed by atoms with Gasteiger partial charge < -0.3 is 21.1 Å². The minimum Gasteiger partial charge on any atom is -0.397 e. The van der Waals surface area contributed by atoms with Crippen molar-refractivity contribution < 1.29 is 9.53 Å². The van der Waals surface area contributed by atoms with E-state index < -0.39 is 0 Å². The molecule has 1 aliphatic heterocycles. The van der Waals surface area contributed by atoms with Crippen molar-refractivity contribution in [2.24, 2.45) is 0 Å². The van der Waals surface area contributed by atoms with Gasteiger partial charge in [-0.05, 0) is 25.1 Å². The average molecular weight is 249 g/mol. The van der Waals surface area contributed by atoms with Crippen molar-refractivity contribution in [3.63, 3.8) is 0 Å². The number of amides is 1. The molecule has 0 atom stereocenters. The van der Waals surface area contributed by atoms with Gasteiger partial charge in [-0.1, -0.05) is 6.92 Å². The Kier molecular flexibility index (Phi) is 3.43. The molecule has 4 N–H and O–H groups in total. The Balaban J connectivity index is 2.13. The molecule has 1 amide bonds. The number of rotatable bonds is 4. The van der Waals surface area contributed by atoms with Crippen LogP contribution in [-0.4, -0.2) is 24.7 Å². The first-order valence-electron chi connectivity index (χ1n) is 6.08. The summed E-state index contributed by atoms with van der Waals surface area (Å²) in [7, 11) is 0. The maximum Gasteiger partial charge on any atom is 0.224 e. The smallest absolute Gasteiger partial charge is 0.224 e. The number of ether oxygens (including phenoxy) is 1. The zero-order valence-electron chi connectivity index (χ0n) is 10.7. The lowest BCUT2D eigenvalue weighted by Gasteiger charge is -2.40. The second-order valence-corrected chi connectivity index (χ2v) is 4.88. The van der Waals surface area contributed by atoms with E-state index >= 15 is 0 Å². The maximum atomic E-state index is 11.3. The molecule has 1 heterocycles. The van der Waals surface area contributed by atoms with Crippen LogP contribution >= 0.6 is 0 Å². The number of benzene rings is 1. The SMILES string of the molecule is CCC(=O)Nc1ccc(N)c(NC2(C)COC2)c1. The molecule has 0 bridgehead atoms. The number of anilines is 3. The van der Waals surface area contributed by atoms with E-state index in [-0.39, 0.29) is 11.4 Å². The monoisotopic (exact) mass is 249 g/mol. The standard InChI is InChI=1S/C13H19N3O2/c1-3-12(17)15-9-4-5-10(14)11(6-9)16-13(2)7-18-8-13/h4-6,16H,3,7-8,14H2,1-2H3,(H,15,17). The number of hydrogen-bond donors (Lipinski definition) is 3. The van der Waals surface area contributed by atoms with E-state index in [4.69, 9.17) is 10.5 Å². The third-order valence-corrected chi connectivity index (χ3v) is 2.94. The lowest BCUT2D eigenvalue weighted by atomic mass is 10.00. The molecular weight excluding hydrogens is 230 g/mol. The number of nitrogen functional groups attached to an aromatic ring is 1. The van der Waals surface area contributed by atoms with Crippen LogP contribution in [0.5, 0.6) is 0 Å². The molecule has 2 rings (SSSR count). The van der Waals surface area contributed by atoms with Crippen molar-refractivity contribution in [3.8, 4) is 0 Å². The van der Waals surface area contributed by atoms with Crippen molar-refractivity contribution in [1.82, 2.24) is 0 Å². The van der Waals surface area contributed by atoms with Crippen LogP contribution in [0.1, 0.15) is 20.3 Å². The maximum absolute atomic E-state index is 11.3. The fraction of sp³-hybridized carbons (Fsp3) is 0.462. The number of hydrogen-bond acceptors (Lipinski definition) is 4. The van der Waals surface area contributed by atoms with E-state index in [0.29, 0.717) is 25.3 Å². The molecule has 0 spiro atoms. The highest BCUT2D eigenvalue weighted by Crippen LogP contribution is 2.29. The second kappa shape index (κ2) is 4.86. The van der Waals surface area contributed by atoms with Crippen molar-refractivity contribution in [1.29, 1.82) is 0 Å². The molecule has 5 heteroatoms. The number of carbonyl (C=O) groups excluding carboxylic acids is 1. The van der Waals surface area contributed by atoms with E-state index in [1.165, 1.54) is 0 Å². The summed E-state index contributed by atoms with van der Waals surface area (Å²) in [6, 6.07) is 5.44. The molecule has 1 aromatic carbocycles. The minimum absolute atomic E-state index is 0.0103. The lowest BCUT2D eigenvalue weighted by Crippen LogP contribution is -2.53. The van der Waals surface area contributed by atoms with Gasteiger partial charge in [0.15, 0.2) is 0 Å². The van der Waals surface area contributed by atoms with Gasteiger partial charge in [0.25, 0.3) is 0 Å². The molecule has 0 radical (unpaired) electrons. The first-order valence-corrected chi connectivity index (χ1v) is 6.08. The molecule has 98 valence electrons. The molecule has 1 aliphatic rings. The van der Waals surface area contributed by atoms with E-state index in [1.807, 2.05) is 13.0 Å². The summed E-state index contributed by atoms with van der Waals surface area (Å²) in [5.41, 5.74) is 8.10. The van der Waals surface area contributed by atoms with Crippen molar-refractivity contribution in [3.05, 3.63) is 18.2 Å². The second-order valence-electron chi connectivity index (χ2n) is 4.88. The van der Waals surface area contributed by atoms with E-state index in [2.05, 4.69) is 17.6 Å². The summed E-state index contributed by atoms with van der Waals surface area (Å²) >= 11 is 0. The van der Waals surface area contributed by atoms with Crippen LogP contribution < -0.4 is 16.4 Å². The molecular formula is C13H19N3O2. The zero-order valence-corrected chi connectivity index (χ0v) is 10.7. The molecule has 0 unspecified atom stereocenters. The van der Waals surface area contributed by atoms with Gasteiger partial charge >= 0.3 is 0 Å². The van der Waals surface area contributed by atoms with Crippen LogP contribution in [0.2, 0.25) is 0 Å². The van der Waals surface area contributed by atoms with Gasteiger partial charge in [0, 0.05) is 12.1 Å². The molecule has 1 saturated heterocycles. The summed E-state index contributed by atoms with van der Waals surface area (Å²) in [6.45, 7) is 5.22. The van der Waals surface area contributed by atoms with Crippen LogP contribution in [0.4, 0.5) is 17.1 Å². The van der Waals surface area contributed by atoms with Gasteiger partial charge in [0.05, 0.1) is 30.1 Å². The Morgan fingerprint density at radius 2 is 2.22 bits per heavy atom. The highest BCUT2D eigenvalue weighted by molar-refractivity contribution is 5.91. The highest BCUT2D eigenvalue weighted by Gasteiger charge is 2.33. The zero-order chi connectivity index (χ0) is 13.2. The quantitative estimate of drug-likeness (QED) is 0.711. The van der Waals surface area contributed by atoms with Crippen molar-refractivity contribution in [2.45, 2.75) is 25.8 Å². The molecule has 1 aromatic rings. The molecule has 0 saturated carbocycles. The van der Waals surface area contributed by atoms with Crippen LogP contribution in [0, 0.1) is 0 Å². The number of nitrogens with two attached hydrogens (primary N) is 1. The molecule has 0 aliphatic carbocycles.